The molecule has 2 aromatic heterocycles. The van der Waals surface area contributed by atoms with E-state index in [1.54, 1.807) is 28.7 Å². The Labute approximate surface area is 158 Å². The third kappa shape index (κ3) is 3.26. The first-order valence-electron chi connectivity index (χ1n) is 8.52. The molecule has 1 fully saturated rings. The average molecular weight is 389 g/mol. The molecule has 0 atom stereocenters. The van der Waals surface area contributed by atoms with Crippen LogP contribution in [0.5, 0.6) is 0 Å². The van der Waals surface area contributed by atoms with Crippen LogP contribution in [0.3, 0.4) is 0 Å². The van der Waals surface area contributed by atoms with Crippen LogP contribution in [0.4, 0.5) is 8.78 Å². The van der Waals surface area contributed by atoms with Gasteiger partial charge in [0.1, 0.15) is 11.6 Å². The lowest BCUT2D eigenvalue weighted by molar-refractivity contribution is -0.0261. The summed E-state index contributed by atoms with van der Waals surface area (Å²) in [4.78, 5) is 15.3. The zero-order valence-electron chi connectivity index (χ0n) is 14.3. The molecule has 1 aromatic carbocycles. The molecule has 0 spiro atoms. The third-order valence-electron chi connectivity index (χ3n) is 4.94. The lowest BCUT2D eigenvalue weighted by Crippen LogP contribution is -2.45. The van der Waals surface area contributed by atoms with Crippen molar-refractivity contribution in [3.05, 3.63) is 64.8 Å². The quantitative estimate of drug-likeness (QED) is 0.720. The molecule has 0 aliphatic carbocycles. The molecule has 1 saturated heterocycles. The van der Waals surface area contributed by atoms with E-state index < -0.39 is 17.2 Å². The summed E-state index contributed by atoms with van der Waals surface area (Å²) in [5.74, 6) is -1.68. The summed E-state index contributed by atoms with van der Waals surface area (Å²) in [6, 6.07) is 5.34. The van der Waals surface area contributed by atoms with Gasteiger partial charge in [-0.05, 0) is 31.0 Å². The molecule has 1 aliphatic rings. The van der Waals surface area contributed by atoms with Crippen molar-refractivity contribution in [1.29, 1.82) is 0 Å². The van der Waals surface area contributed by atoms with Gasteiger partial charge in [0.2, 0.25) is 0 Å². The number of piperidine rings is 1. The number of aliphatic hydroxyl groups is 1. The number of hydrogen-bond donors (Lipinski definition) is 2. The first kappa shape index (κ1) is 17.8. The Morgan fingerprint density at radius 2 is 1.96 bits per heavy atom. The fourth-order valence-electron chi connectivity index (χ4n) is 3.44. The van der Waals surface area contributed by atoms with Crippen molar-refractivity contribution in [2.24, 2.45) is 0 Å². The van der Waals surface area contributed by atoms with Gasteiger partial charge in [-0.25, -0.2) is 8.78 Å². The summed E-state index contributed by atoms with van der Waals surface area (Å²) in [6.07, 6.45) is 3.60. The van der Waals surface area contributed by atoms with Crippen LogP contribution in [-0.2, 0) is 5.60 Å². The summed E-state index contributed by atoms with van der Waals surface area (Å²) in [6.45, 7) is 0.444. The van der Waals surface area contributed by atoms with Crippen LogP contribution in [-0.4, -0.2) is 39.2 Å². The SMILES string of the molecule is O=C(c1csc(-c2cn[nH]c2)c1)N1CCC(O)(c2c(F)cccc2F)CC1. The van der Waals surface area contributed by atoms with E-state index in [1.165, 1.54) is 17.4 Å². The lowest BCUT2D eigenvalue weighted by atomic mass is 9.83. The monoisotopic (exact) mass is 389 g/mol. The number of nitrogens with one attached hydrogen (secondary N) is 1. The van der Waals surface area contributed by atoms with Crippen molar-refractivity contribution in [2.45, 2.75) is 18.4 Å². The highest BCUT2D eigenvalue weighted by Gasteiger charge is 2.39. The van der Waals surface area contributed by atoms with Gasteiger partial charge >= 0.3 is 0 Å². The number of halogens is 2. The smallest absolute Gasteiger partial charge is 0.254 e. The molecule has 0 saturated carbocycles. The number of carbonyl (C=O) groups excluding carboxylic acids is 1. The van der Waals surface area contributed by atoms with E-state index in [0.717, 1.165) is 22.6 Å². The molecule has 2 N–H and O–H groups in total. The van der Waals surface area contributed by atoms with Crippen LogP contribution in [0.25, 0.3) is 10.4 Å². The largest absolute Gasteiger partial charge is 0.385 e. The normalized spacial score (nSPS) is 16.5. The first-order valence-corrected chi connectivity index (χ1v) is 9.40. The van der Waals surface area contributed by atoms with Gasteiger partial charge in [0, 0.05) is 35.1 Å². The fraction of sp³-hybridized carbons (Fsp3) is 0.263. The molecule has 3 aromatic rings. The standard InChI is InChI=1S/C19H17F2N3O2S/c20-14-2-1-3-15(21)17(14)19(26)4-6-24(7-5-19)18(25)12-8-16(27-11-12)13-9-22-23-10-13/h1-3,8-11,26H,4-7H2,(H,22,23). The zero-order chi connectivity index (χ0) is 19.0. The highest BCUT2D eigenvalue weighted by atomic mass is 32.1. The van der Waals surface area contributed by atoms with Gasteiger partial charge < -0.3 is 10.0 Å². The minimum absolute atomic E-state index is 0.0787. The summed E-state index contributed by atoms with van der Waals surface area (Å²) in [7, 11) is 0. The second-order valence-corrected chi connectivity index (χ2v) is 7.52. The lowest BCUT2D eigenvalue weighted by Gasteiger charge is -2.38. The molecule has 5 nitrogen and oxygen atoms in total. The van der Waals surface area contributed by atoms with Crippen LogP contribution in [0, 0.1) is 11.6 Å². The van der Waals surface area contributed by atoms with Gasteiger partial charge in [0.15, 0.2) is 0 Å². The second kappa shape index (κ2) is 6.86. The minimum atomic E-state index is -1.61. The number of hydrogen-bond acceptors (Lipinski definition) is 4. The van der Waals surface area contributed by atoms with Crippen molar-refractivity contribution in [2.75, 3.05) is 13.1 Å². The maximum atomic E-state index is 14.1. The van der Waals surface area contributed by atoms with Gasteiger partial charge in [0.05, 0.1) is 22.9 Å². The summed E-state index contributed by atoms with van der Waals surface area (Å²) in [5.41, 5.74) is -0.460. The van der Waals surface area contributed by atoms with Gasteiger partial charge in [-0.3, -0.25) is 9.89 Å². The number of H-pyrrole nitrogens is 1. The molecule has 4 rings (SSSR count). The summed E-state index contributed by atoms with van der Waals surface area (Å²) >= 11 is 1.44. The molecule has 0 unspecified atom stereocenters. The Kier molecular flexibility index (Phi) is 4.53. The maximum absolute atomic E-state index is 14.1. The van der Waals surface area contributed by atoms with Crippen molar-refractivity contribution < 1.29 is 18.7 Å². The Morgan fingerprint density at radius 1 is 1.26 bits per heavy atom. The molecule has 8 heteroatoms. The van der Waals surface area contributed by atoms with Crippen LogP contribution in [0.1, 0.15) is 28.8 Å². The summed E-state index contributed by atoms with van der Waals surface area (Å²) < 4.78 is 28.1. The molecule has 140 valence electrons. The van der Waals surface area contributed by atoms with E-state index in [2.05, 4.69) is 10.2 Å². The Bertz CT molecular complexity index is 943. The second-order valence-electron chi connectivity index (χ2n) is 6.61. The molecular formula is C19H17F2N3O2S. The molecule has 3 heterocycles. The van der Waals surface area contributed by atoms with Gasteiger partial charge in [-0.15, -0.1) is 11.3 Å². The van der Waals surface area contributed by atoms with E-state index in [1.807, 2.05) is 0 Å². The number of rotatable bonds is 3. The Hall–Kier alpha value is -2.58. The van der Waals surface area contributed by atoms with Gasteiger partial charge in [-0.1, -0.05) is 6.07 Å². The minimum Gasteiger partial charge on any atom is -0.385 e. The first-order chi connectivity index (χ1) is 13.0. The number of amides is 1. The molecule has 0 radical (unpaired) electrons. The van der Waals surface area contributed by atoms with Gasteiger partial charge in [0.25, 0.3) is 5.91 Å². The van der Waals surface area contributed by atoms with Crippen LogP contribution in [0.15, 0.2) is 42.0 Å². The number of nitrogens with zero attached hydrogens (tertiary/aromatic N) is 2. The highest BCUT2D eigenvalue weighted by Crippen LogP contribution is 2.36. The Balaban J connectivity index is 1.48. The van der Waals surface area contributed by atoms with Crippen molar-refractivity contribution in [1.82, 2.24) is 15.1 Å². The molecular weight excluding hydrogens is 372 g/mol. The average Bonchev–Trinajstić information content (AvgIpc) is 3.33. The number of aromatic amines is 1. The van der Waals surface area contributed by atoms with Crippen LogP contribution >= 0.6 is 11.3 Å². The number of carbonyl (C=O) groups is 1. The predicted molar refractivity (Wildman–Crippen MR) is 97.3 cm³/mol. The molecule has 1 amide bonds. The van der Waals surface area contributed by atoms with E-state index in [4.69, 9.17) is 0 Å². The number of thiophene rings is 1. The fourth-order valence-corrected chi connectivity index (χ4v) is 4.31. The number of benzene rings is 1. The van der Waals surface area contributed by atoms with Gasteiger partial charge in [-0.2, -0.15) is 5.10 Å². The molecule has 1 aliphatic heterocycles. The van der Waals surface area contributed by atoms with Crippen molar-refractivity contribution in [3.63, 3.8) is 0 Å². The molecule has 0 bridgehead atoms. The van der Waals surface area contributed by atoms with E-state index in [9.17, 15) is 18.7 Å². The number of aromatic nitrogens is 2. The van der Waals surface area contributed by atoms with Crippen molar-refractivity contribution >= 4 is 17.2 Å². The Morgan fingerprint density at radius 3 is 2.59 bits per heavy atom. The van der Waals surface area contributed by atoms with Crippen molar-refractivity contribution in [3.8, 4) is 10.4 Å². The third-order valence-corrected chi connectivity index (χ3v) is 5.91. The summed E-state index contributed by atoms with van der Waals surface area (Å²) in [5, 5.41) is 19.2. The van der Waals surface area contributed by atoms with E-state index in [0.29, 0.717) is 5.56 Å². The molecule has 27 heavy (non-hydrogen) atoms. The number of likely N-dealkylation sites (tertiary alicyclic amines) is 1. The van der Waals surface area contributed by atoms with E-state index >= 15 is 0 Å². The maximum Gasteiger partial charge on any atom is 0.254 e. The zero-order valence-corrected chi connectivity index (χ0v) is 15.1. The predicted octanol–water partition coefficient (Wildman–Crippen LogP) is 3.54. The van der Waals surface area contributed by atoms with Crippen LogP contribution in [0.2, 0.25) is 0 Å². The van der Waals surface area contributed by atoms with Crippen LogP contribution < -0.4 is 0 Å². The van der Waals surface area contributed by atoms with E-state index in [-0.39, 0.29) is 37.4 Å². The topological polar surface area (TPSA) is 69.2 Å². The highest BCUT2D eigenvalue weighted by molar-refractivity contribution is 7.13.